The second-order valence-corrected chi connectivity index (χ2v) is 14.6. The molecule has 5 aromatic rings. The van der Waals surface area contributed by atoms with Crippen LogP contribution in [0, 0.1) is 0 Å². The number of tetrazole rings is 1. The number of aromatic nitrogens is 8. The molecule has 0 unspecified atom stereocenters. The normalized spacial score (nSPS) is 19.6. The van der Waals surface area contributed by atoms with Gasteiger partial charge in [0.15, 0.2) is 41.5 Å². The number of anilines is 2. The Hall–Kier alpha value is -6.43. The topological polar surface area (TPSA) is 203 Å². The fraction of sp³-hybridized carbons (Fsp3) is 0.462. The Morgan fingerprint density at radius 2 is 1.48 bits per heavy atom. The van der Waals surface area contributed by atoms with Crippen molar-refractivity contribution in [2.45, 2.75) is 75.5 Å². The van der Waals surface area contributed by atoms with Gasteiger partial charge in [0.2, 0.25) is 11.8 Å². The van der Waals surface area contributed by atoms with Gasteiger partial charge >= 0.3 is 30.3 Å². The Morgan fingerprint density at radius 1 is 0.841 bits per heavy atom. The number of likely N-dealkylation sites (tertiary alicyclic amines) is 1. The number of nitrogens with zero attached hydrogens (tertiary/aromatic N) is 9. The van der Waals surface area contributed by atoms with Crippen LogP contribution in [0.4, 0.5) is 38.1 Å². The van der Waals surface area contributed by atoms with Gasteiger partial charge in [-0.25, -0.2) is 14.6 Å². The van der Waals surface area contributed by atoms with Gasteiger partial charge in [-0.3, -0.25) is 9.36 Å². The molecule has 3 aromatic heterocycles. The van der Waals surface area contributed by atoms with E-state index < -0.39 is 60.6 Å². The molecule has 2 N–H and O–H groups in total. The van der Waals surface area contributed by atoms with Crippen LogP contribution in [0.3, 0.4) is 0 Å². The highest BCUT2D eigenvalue weighted by atomic mass is 19.4. The molecule has 336 valence electrons. The number of imidazole rings is 1. The first-order valence-corrected chi connectivity index (χ1v) is 19.8. The fourth-order valence-electron chi connectivity index (χ4n) is 7.25. The molecule has 0 amide bonds. The summed E-state index contributed by atoms with van der Waals surface area (Å²) in [6.07, 6.45) is -16.0. The van der Waals surface area contributed by atoms with Crippen molar-refractivity contribution in [3.63, 3.8) is 0 Å². The van der Waals surface area contributed by atoms with Gasteiger partial charge in [0.1, 0.15) is 6.61 Å². The Morgan fingerprint density at radius 3 is 2.10 bits per heavy atom. The van der Waals surface area contributed by atoms with Crippen LogP contribution in [0.1, 0.15) is 61.4 Å². The van der Waals surface area contributed by atoms with Crippen molar-refractivity contribution in [3.8, 4) is 0 Å². The van der Waals surface area contributed by atoms with Crippen LogP contribution >= 0.6 is 0 Å². The van der Waals surface area contributed by atoms with Gasteiger partial charge < -0.3 is 34.5 Å². The third-order valence-corrected chi connectivity index (χ3v) is 10.2. The number of hydrogen-bond acceptors (Lipinski definition) is 16. The lowest BCUT2D eigenvalue weighted by atomic mass is 9.91. The highest BCUT2D eigenvalue weighted by Gasteiger charge is 2.57. The van der Waals surface area contributed by atoms with Gasteiger partial charge in [0.25, 0.3) is 0 Å². The molecule has 0 radical (unpaired) electrons. The quantitative estimate of drug-likeness (QED) is 0.0781. The summed E-state index contributed by atoms with van der Waals surface area (Å²) in [4.78, 5) is 52.9. The molecule has 24 heteroatoms. The summed E-state index contributed by atoms with van der Waals surface area (Å²) in [5.41, 5.74) is 1.84. The molecule has 2 fully saturated rings. The first-order chi connectivity index (χ1) is 30.2. The number of alkyl halides is 6. The molecule has 2 saturated heterocycles. The SMILES string of the molecule is CC(=O)OCCn1nnc([C@H]2O[C@@H](n3cnc4c(NCC(c5ccccc5)c5ccccc5)nc(NCCN5CCCCC5)nc43)[C@H](OC(=O)C(F)(F)F)[C@H]2OC(=O)C(F)(F)F)n1. The van der Waals surface area contributed by atoms with Crippen LogP contribution < -0.4 is 10.6 Å². The number of esters is 3. The van der Waals surface area contributed by atoms with Crippen molar-refractivity contribution in [2.75, 3.05) is 50.0 Å². The van der Waals surface area contributed by atoms with Gasteiger partial charge in [-0.1, -0.05) is 67.1 Å². The number of hydrogen-bond donors (Lipinski definition) is 2. The summed E-state index contributed by atoms with van der Waals surface area (Å²) in [6, 6.07) is 19.2. The minimum Gasteiger partial charge on any atom is -0.464 e. The van der Waals surface area contributed by atoms with Gasteiger partial charge in [0, 0.05) is 32.5 Å². The maximum absolute atomic E-state index is 13.8. The molecule has 2 aliphatic heterocycles. The minimum absolute atomic E-state index is 0.0375. The van der Waals surface area contributed by atoms with Crippen molar-refractivity contribution in [1.82, 2.24) is 44.6 Å². The summed E-state index contributed by atoms with van der Waals surface area (Å²) >= 11 is 0. The number of fused-ring (bicyclic) bond motifs is 1. The average molecular weight is 890 g/mol. The lowest BCUT2D eigenvalue weighted by Gasteiger charge is -2.26. The van der Waals surface area contributed by atoms with Crippen LogP contribution in [0.5, 0.6) is 0 Å². The summed E-state index contributed by atoms with van der Waals surface area (Å²) in [6.45, 7) is 3.70. The summed E-state index contributed by atoms with van der Waals surface area (Å²) in [7, 11) is 0. The molecule has 0 saturated carbocycles. The van der Waals surface area contributed by atoms with E-state index in [1.807, 2.05) is 60.7 Å². The first kappa shape index (κ1) is 44.6. The monoisotopic (exact) mass is 889 g/mol. The number of nitrogens with one attached hydrogen (secondary N) is 2. The van der Waals surface area contributed by atoms with Crippen LogP contribution in [-0.4, -0.2) is 126 Å². The van der Waals surface area contributed by atoms with E-state index in [9.17, 15) is 40.7 Å². The molecule has 18 nitrogen and oxygen atoms in total. The molecule has 2 aliphatic rings. The Bertz CT molecular complexity index is 2300. The summed E-state index contributed by atoms with van der Waals surface area (Å²) < 4.78 is 104. The molecule has 4 atom stereocenters. The fourth-order valence-corrected chi connectivity index (χ4v) is 7.25. The van der Waals surface area contributed by atoms with Gasteiger partial charge in [-0.15, -0.1) is 10.2 Å². The van der Waals surface area contributed by atoms with Crippen molar-refractivity contribution >= 4 is 40.8 Å². The highest BCUT2D eigenvalue weighted by molar-refractivity contribution is 5.84. The van der Waals surface area contributed by atoms with E-state index in [0.29, 0.717) is 13.1 Å². The largest absolute Gasteiger partial charge is 0.490 e. The van der Waals surface area contributed by atoms with Crippen LogP contribution in [0.15, 0.2) is 67.0 Å². The lowest BCUT2D eigenvalue weighted by molar-refractivity contribution is -0.221. The minimum atomic E-state index is -5.66. The van der Waals surface area contributed by atoms with Crippen LogP contribution in [0.25, 0.3) is 11.2 Å². The predicted molar refractivity (Wildman–Crippen MR) is 207 cm³/mol. The number of ether oxygens (including phenoxy) is 4. The lowest BCUT2D eigenvalue weighted by Crippen LogP contribution is -2.42. The zero-order chi connectivity index (χ0) is 44.7. The molecule has 0 spiro atoms. The molecule has 2 aromatic carbocycles. The number of rotatable bonds is 16. The van der Waals surface area contributed by atoms with E-state index in [0.717, 1.165) is 66.1 Å². The average Bonchev–Trinajstić information content (AvgIpc) is 3.99. The van der Waals surface area contributed by atoms with E-state index in [2.05, 4.69) is 40.9 Å². The Kier molecular flexibility index (Phi) is 13.7. The molecular weight excluding hydrogens is 848 g/mol. The zero-order valence-corrected chi connectivity index (χ0v) is 33.5. The maximum Gasteiger partial charge on any atom is 0.490 e. The third-order valence-electron chi connectivity index (χ3n) is 10.2. The van der Waals surface area contributed by atoms with Crippen molar-refractivity contribution in [3.05, 3.63) is 83.9 Å². The van der Waals surface area contributed by atoms with Gasteiger partial charge in [0.05, 0.1) is 12.9 Å². The Balaban J connectivity index is 1.29. The first-order valence-electron chi connectivity index (χ1n) is 19.8. The summed E-state index contributed by atoms with van der Waals surface area (Å²) in [5, 5.41) is 18.0. The molecule has 63 heavy (non-hydrogen) atoms. The maximum atomic E-state index is 13.8. The van der Waals surface area contributed by atoms with E-state index in [4.69, 9.17) is 23.9 Å². The molecule has 0 bridgehead atoms. The number of carbonyl (C=O) groups is 3. The van der Waals surface area contributed by atoms with Crippen molar-refractivity contribution < 1.29 is 59.7 Å². The number of halogens is 6. The van der Waals surface area contributed by atoms with Crippen molar-refractivity contribution in [2.24, 2.45) is 0 Å². The van der Waals surface area contributed by atoms with E-state index in [1.54, 1.807) is 0 Å². The summed E-state index contributed by atoms with van der Waals surface area (Å²) in [5.74, 6) is -6.92. The molecule has 5 heterocycles. The molecule has 7 rings (SSSR count). The number of piperidine rings is 1. The van der Waals surface area contributed by atoms with Crippen molar-refractivity contribution in [1.29, 1.82) is 0 Å². The predicted octanol–water partition coefficient (Wildman–Crippen LogP) is 4.74. The zero-order valence-electron chi connectivity index (χ0n) is 33.5. The second-order valence-electron chi connectivity index (χ2n) is 14.6. The van der Waals surface area contributed by atoms with Crippen LogP contribution in [0.2, 0.25) is 0 Å². The molecule has 0 aliphatic carbocycles. The number of benzene rings is 2. The standard InChI is InChI=1S/C39H41F6N11O7/c1-23(57)60-20-19-56-52-32(51-53-56)29-28(62-35(58)38(40,41)42)30(63-36(59)39(43,44)45)34(61-29)55-22-48-27-31(49-37(50-33(27)55)46-15-18-54-16-9-4-10-17-54)47-21-26(24-11-5-2-6-12-24)25-13-7-3-8-14-25/h2-3,5-8,11-14,22,26,28-30,34H,4,9-10,15-21H2,1H3,(H2,46,47,49,50)/t28-,29-,30+,34+/m0/s1. The second kappa shape index (κ2) is 19.3. The van der Waals surface area contributed by atoms with E-state index in [1.165, 1.54) is 0 Å². The Labute approximate surface area is 354 Å². The van der Waals surface area contributed by atoms with Gasteiger partial charge in [-0.05, 0) is 42.3 Å². The smallest absolute Gasteiger partial charge is 0.464 e. The third kappa shape index (κ3) is 11.0. The van der Waals surface area contributed by atoms with E-state index >= 15 is 0 Å². The van der Waals surface area contributed by atoms with Crippen LogP contribution in [-0.2, 0) is 39.9 Å². The highest BCUT2D eigenvalue weighted by Crippen LogP contribution is 2.44. The van der Waals surface area contributed by atoms with Gasteiger partial charge in [-0.2, -0.15) is 41.1 Å². The molecular formula is C39H41F6N11O7. The number of carbonyl (C=O) groups excluding carboxylic acids is 3. The van der Waals surface area contributed by atoms with E-state index in [-0.39, 0.29) is 48.5 Å².